The van der Waals surface area contributed by atoms with Crippen LogP contribution in [0, 0.1) is 13.8 Å². The smallest absolute Gasteiger partial charge is 0.322 e. The summed E-state index contributed by atoms with van der Waals surface area (Å²) in [6.07, 6.45) is 0. The number of nitrogens with one attached hydrogen (secondary N) is 2. The van der Waals surface area contributed by atoms with Gasteiger partial charge >= 0.3 is 12.0 Å². The van der Waals surface area contributed by atoms with Crippen LogP contribution >= 0.6 is 0 Å². The van der Waals surface area contributed by atoms with Crippen LogP contribution < -0.4 is 15.5 Å². The van der Waals surface area contributed by atoms with Crippen molar-refractivity contribution in [3.8, 4) is 0 Å². The van der Waals surface area contributed by atoms with E-state index < -0.39 is 24.5 Å². The molecular formula is C14H19N3O4. The fraction of sp³-hybridized carbons (Fsp3) is 0.357. The number of aliphatic carboxylic acids is 1. The first-order valence-corrected chi connectivity index (χ1v) is 6.38. The average Bonchev–Trinajstić information content (AvgIpc) is 2.41. The number of amides is 3. The highest BCUT2D eigenvalue weighted by atomic mass is 16.4. The quantitative estimate of drug-likeness (QED) is 0.742. The maximum Gasteiger partial charge on any atom is 0.322 e. The molecule has 1 aromatic rings. The zero-order valence-corrected chi connectivity index (χ0v) is 12.3. The van der Waals surface area contributed by atoms with E-state index in [1.807, 2.05) is 32.0 Å². The normalized spacial score (nSPS) is 9.86. The minimum atomic E-state index is -1.14. The Hall–Kier alpha value is -2.57. The third-order valence-electron chi connectivity index (χ3n) is 2.86. The molecular weight excluding hydrogens is 274 g/mol. The molecule has 0 aliphatic carbocycles. The van der Waals surface area contributed by atoms with Gasteiger partial charge in [0.1, 0.15) is 6.54 Å². The zero-order chi connectivity index (χ0) is 16.0. The van der Waals surface area contributed by atoms with Gasteiger partial charge in [0.2, 0.25) is 5.91 Å². The van der Waals surface area contributed by atoms with Crippen molar-refractivity contribution < 1.29 is 19.5 Å². The molecule has 0 aromatic heterocycles. The lowest BCUT2D eigenvalue weighted by atomic mass is 10.1. The number of carbonyl (C=O) groups excluding carboxylic acids is 2. The molecule has 0 saturated heterocycles. The van der Waals surface area contributed by atoms with E-state index in [0.29, 0.717) is 0 Å². The number of carboxylic acid groups (broad SMARTS) is 1. The van der Waals surface area contributed by atoms with Crippen molar-refractivity contribution in [3.63, 3.8) is 0 Å². The Morgan fingerprint density at radius 3 is 2.38 bits per heavy atom. The third kappa shape index (κ3) is 5.13. The lowest BCUT2D eigenvalue weighted by molar-refractivity contribution is -0.137. The number of carbonyl (C=O) groups is 3. The van der Waals surface area contributed by atoms with Crippen LogP contribution in [-0.4, -0.2) is 43.2 Å². The largest absolute Gasteiger partial charge is 0.480 e. The van der Waals surface area contributed by atoms with E-state index in [-0.39, 0.29) is 6.54 Å². The van der Waals surface area contributed by atoms with Crippen molar-refractivity contribution in [2.24, 2.45) is 0 Å². The van der Waals surface area contributed by atoms with Crippen molar-refractivity contribution in [1.82, 2.24) is 10.6 Å². The molecule has 0 aliphatic heterocycles. The van der Waals surface area contributed by atoms with Gasteiger partial charge in [-0.25, -0.2) is 4.79 Å². The monoisotopic (exact) mass is 293 g/mol. The maximum absolute atomic E-state index is 11.9. The van der Waals surface area contributed by atoms with E-state index in [1.54, 1.807) is 7.05 Å². The lowest BCUT2D eigenvalue weighted by Gasteiger charge is -2.20. The lowest BCUT2D eigenvalue weighted by Crippen LogP contribution is -2.44. The SMILES string of the molecule is Cc1ccc(N(C)C(=O)NCC(=O)NCC(=O)O)c(C)c1. The Labute approximate surface area is 122 Å². The van der Waals surface area contributed by atoms with Crippen molar-refractivity contribution in [2.45, 2.75) is 13.8 Å². The summed E-state index contributed by atoms with van der Waals surface area (Å²) in [4.78, 5) is 34.9. The van der Waals surface area contributed by atoms with E-state index in [0.717, 1.165) is 16.8 Å². The van der Waals surface area contributed by atoms with Gasteiger partial charge in [0.15, 0.2) is 0 Å². The van der Waals surface area contributed by atoms with Gasteiger partial charge in [-0.1, -0.05) is 17.7 Å². The fourth-order valence-corrected chi connectivity index (χ4v) is 1.80. The van der Waals surface area contributed by atoms with Crippen LogP contribution in [-0.2, 0) is 9.59 Å². The molecule has 0 spiro atoms. The van der Waals surface area contributed by atoms with Gasteiger partial charge in [-0.2, -0.15) is 0 Å². The van der Waals surface area contributed by atoms with Gasteiger partial charge in [0.25, 0.3) is 0 Å². The van der Waals surface area contributed by atoms with Crippen LogP contribution in [0.5, 0.6) is 0 Å². The summed E-state index contributed by atoms with van der Waals surface area (Å²) in [5, 5.41) is 13.0. The first-order chi connectivity index (χ1) is 9.81. The van der Waals surface area contributed by atoms with Gasteiger partial charge in [-0.15, -0.1) is 0 Å². The number of carboxylic acids is 1. The highest BCUT2D eigenvalue weighted by Crippen LogP contribution is 2.19. The summed E-state index contributed by atoms with van der Waals surface area (Å²) in [5.41, 5.74) is 2.78. The number of urea groups is 1. The van der Waals surface area contributed by atoms with Gasteiger partial charge in [0.05, 0.1) is 6.54 Å². The van der Waals surface area contributed by atoms with Gasteiger partial charge in [-0.3, -0.25) is 14.5 Å². The molecule has 0 heterocycles. The minimum absolute atomic E-state index is 0.276. The van der Waals surface area contributed by atoms with Crippen LogP contribution in [0.1, 0.15) is 11.1 Å². The highest BCUT2D eigenvalue weighted by Gasteiger charge is 2.14. The molecule has 0 radical (unpaired) electrons. The molecule has 1 aromatic carbocycles. The molecule has 114 valence electrons. The molecule has 0 aliphatic rings. The van der Waals surface area contributed by atoms with Crippen LogP contribution in [0.15, 0.2) is 18.2 Å². The van der Waals surface area contributed by atoms with Crippen molar-refractivity contribution in [2.75, 3.05) is 25.0 Å². The Morgan fingerprint density at radius 1 is 1.14 bits per heavy atom. The molecule has 3 amide bonds. The van der Waals surface area contributed by atoms with E-state index in [9.17, 15) is 14.4 Å². The van der Waals surface area contributed by atoms with E-state index in [2.05, 4.69) is 10.6 Å². The summed E-state index contributed by atoms with van der Waals surface area (Å²) in [5.74, 6) is -1.69. The van der Waals surface area contributed by atoms with Crippen LogP contribution in [0.25, 0.3) is 0 Å². The molecule has 0 bridgehead atoms. The third-order valence-corrected chi connectivity index (χ3v) is 2.86. The van der Waals surface area contributed by atoms with Crippen LogP contribution in [0.2, 0.25) is 0 Å². The number of nitrogens with zero attached hydrogens (tertiary/aromatic N) is 1. The van der Waals surface area contributed by atoms with E-state index >= 15 is 0 Å². The van der Waals surface area contributed by atoms with Crippen LogP contribution in [0.3, 0.4) is 0 Å². The van der Waals surface area contributed by atoms with E-state index in [4.69, 9.17) is 5.11 Å². The number of hydrogen-bond donors (Lipinski definition) is 3. The molecule has 0 unspecified atom stereocenters. The molecule has 0 saturated carbocycles. The Morgan fingerprint density at radius 2 is 1.81 bits per heavy atom. The first-order valence-electron chi connectivity index (χ1n) is 6.38. The van der Waals surface area contributed by atoms with Crippen LogP contribution in [0.4, 0.5) is 10.5 Å². The Balaban J connectivity index is 2.55. The summed E-state index contributed by atoms with van der Waals surface area (Å²) in [6.45, 7) is 3.11. The molecule has 0 fully saturated rings. The van der Waals surface area contributed by atoms with Crippen molar-refractivity contribution >= 4 is 23.6 Å². The predicted molar refractivity (Wildman–Crippen MR) is 78.4 cm³/mol. The molecule has 7 heteroatoms. The second kappa shape index (κ2) is 7.28. The maximum atomic E-state index is 11.9. The highest BCUT2D eigenvalue weighted by molar-refractivity contribution is 5.94. The van der Waals surface area contributed by atoms with Crippen molar-refractivity contribution in [3.05, 3.63) is 29.3 Å². The molecule has 1 rings (SSSR count). The second-order valence-corrected chi connectivity index (χ2v) is 4.68. The standard InChI is InChI=1S/C14H19N3O4/c1-9-4-5-11(10(2)6-9)17(3)14(21)16-7-12(18)15-8-13(19)20/h4-6H,7-8H2,1-3H3,(H,15,18)(H,16,21)(H,19,20). The fourth-order valence-electron chi connectivity index (χ4n) is 1.80. The molecule has 7 nitrogen and oxygen atoms in total. The number of benzene rings is 1. The zero-order valence-electron chi connectivity index (χ0n) is 12.3. The van der Waals surface area contributed by atoms with Gasteiger partial charge in [0, 0.05) is 12.7 Å². The average molecular weight is 293 g/mol. The Bertz CT molecular complexity index is 557. The van der Waals surface area contributed by atoms with E-state index in [1.165, 1.54) is 4.90 Å². The topological polar surface area (TPSA) is 98.7 Å². The molecule has 3 N–H and O–H groups in total. The first kappa shape index (κ1) is 16.5. The van der Waals surface area contributed by atoms with Gasteiger partial charge < -0.3 is 15.7 Å². The number of rotatable bonds is 5. The molecule has 21 heavy (non-hydrogen) atoms. The molecule has 0 atom stereocenters. The Kier molecular flexibility index (Phi) is 5.71. The summed E-state index contributed by atoms with van der Waals surface area (Å²) in [7, 11) is 1.60. The number of aryl methyl sites for hydroxylation is 2. The summed E-state index contributed by atoms with van der Waals surface area (Å²) in [6, 6.07) is 5.24. The minimum Gasteiger partial charge on any atom is -0.480 e. The van der Waals surface area contributed by atoms with Crippen molar-refractivity contribution in [1.29, 1.82) is 0 Å². The predicted octanol–water partition coefficient (Wildman–Crippen LogP) is 0.650. The summed E-state index contributed by atoms with van der Waals surface area (Å²) >= 11 is 0. The van der Waals surface area contributed by atoms with Gasteiger partial charge in [-0.05, 0) is 25.5 Å². The number of anilines is 1. The number of hydrogen-bond acceptors (Lipinski definition) is 3. The second-order valence-electron chi connectivity index (χ2n) is 4.68. The summed E-state index contributed by atoms with van der Waals surface area (Å²) < 4.78 is 0.